The van der Waals surface area contributed by atoms with E-state index in [2.05, 4.69) is 0 Å². The standard InChI is InChI=1S/C12H19NO2/c1-12(6-15-12)11(14)10(13)4-7-2-8-5-9(8)3-7/h7-10H,2-6,13H2,1H3/t7?,8?,9?,10?,12-/m1/s1. The van der Waals surface area contributed by atoms with Crippen molar-refractivity contribution < 1.29 is 9.53 Å². The highest BCUT2D eigenvalue weighted by Gasteiger charge is 2.51. The van der Waals surface area contributed by atoms with Crippen LogP contribution in [-0.4, -0.2) is 24.0 Å². The molecule has 3 aliphatic rings. The van der Waals surface area contributed by atoms with E-state index in [4.69, 9.17) is 10.5 Å². The normalized spacial score (nSPS) is 48.5. The Bertz CT molecular complexity index is 288. The minimum atomic E-state index is -0.527. The summed E-state index contributed by atoms with van der Waals surface area (Å²) in [5.74, 6) is 2.77. The van der Waals surface area contributed by atoms with Gasteiger partial charge in [0.1, 0.15) is 5.60 Å². The molecule has 0 bridgehead atoms. The van der Waals surface area contributed by atoms with Gasteiger partial charge in [-0.3, -0.25) is 4.79 Å². The van der Waals surface area contributed by atoms with E-state index in [-0.39, 0.29) is 11.8 Å². The summed E-state index contributed by atoms with van der Waals surface area (Å²) < 4.78 is 5.14. The zero-order valence-electron chi connectivity index (χ0n) is 9.24. The van der Waals surface area contributed by atoms with Gasteiger partial charge in [0.05, 0.1) is 12.6 Å². The molecule has 15 heavy (non-hydrogen) atoms. The molecule has 2 aliphatic carbocycles. The van der Waals surface area contributed by atoms with Crippen molar-refractivity contribution in [3.8, 4) is 0 Å². The molecule has 1 heterocycles. The van der Waals surface area contributed by atoms with E-state index >= 15 is 0 Å². The van der Waals surface area contributed by atoms with Crippen LogP contribution < -0.4 is 5.73 Å². The second-order valence-electron chi connectivity index (χ2n) is 5.82. The highest BCUT2D eigenvalue weighted by atomic mass is 16.6. The molecule has 0 amide bonds. The first-order valence-electron chi connectivity index (χ1n) is 6.02. The molecule has 2 saturated carbocycles. The van der Waals surface area contributed by atoms with Crippen LogP contribution in [0.1, 0.15) is 32.6 Å². The van der Waals surface area contributed by atoms with Crippen LogP contribution in [0.2, 0.25) is 0 Å². The predicted octanol–water partition coefficient (Wildman–Crippen LogP) is 1.11. The number of nitrogens with two attached hydrogens (primary N) is 1. The summed E-state index contributed by atoms with van der Waals surface area (Å²) in [6.07, 6.45) is 4.93. The Hall–Kier alpha value is -0.410. The summed E-state index contributed by atoms with van der Waals surface area (Å²) in [7, 11) is 0. The summed E-state index contributed by atoms with van der Waals surface area (Å²) in [6, 6.07) is -0.292. The molecule has 0 spiro atoms. The number of Topliss-reactive ketones (excluding diaryl/α,β-unsaturated/α-hetero) is 1. The van der Waals surface area contributed by atoms with Crippen LogP contribution in [0.15, 0.2) is 0 Å². The lowest BCUT2D eigenvalue weighted by Crippen LogP contribution is -2.40. The van der Waals surface area contributed by atoms with Crippen LogP contribution in [0.3, 0.4) is 0 Å². The number of carbonyl (C=O) groups excluding carboxylic acids is 1. The van der Waals surface area contributed by atoms with Crippen LogP contribution in [0.5, 0.6) is 0 Å². The van der Waals surface area contributed by atoms with Gasteiger partial charge in [-0.05, 0) is 50.4 Å². The van der Waals surface area contributed by atoms with Crippen molar-refractivity contribution in [1.29, 1.82) is 0 Å². The monoisotopic (exact) mass is 209 g/mol. The van der Waals surface area contributed by atoms with Crippen molar-refractivity contribution in [3.05, 3.63) is 0 Å². The van der Waals surface area contributed by atoms with E-state index < -0.39 is 5.60 Å². The molecule has 3 heteroatoms. The average Bonchev–Trinajstić information content (AvgIpc) is 3.08. The molecule has 0 aromatic carbocycles. The maximum atomic E-state index is 11.9. The molecule has 84 valence electrons. The van der Waals surface area contributed by atoms with E-state index in [9.17, 15) is 4.79 Å². The van der Waals surface area contributed by atoms with Crippen molar-refractivity contribution in [3.63, 3.8) is 0 Å². The van der Waals surface area contributed by atoms with Crippen molar-refractivity contribution in [2.75, 3.05) is 6.61 Å². The largest absolute Gasteiger partial charge is 0.362 e. The zero-order chi connectivity index (χ0) is 10.6. The first-order valence-corrected chi connectivity index (χ1v) is 6.02. The fourth-order valence-corrected chi connectivity index (χ4v) is 3.14. The number of fused-ring (bicyclic) bond motifs is 1. The van der Waals surface area contributed by atoms with Crippen molar-refractivity contribution in [1.82, 2.24) is 0 Å². The smallest absolute Gasteiger partial charge is 0.183 e. The molecule has 1 aliphatic heterocycles. The molecule has 0 aromatic rings. The molecule has 0 aromatic heterocycles. The Labute approximate surface area is 90.4 Å². The predicted molar refractivity (Wildman–Crippen MR) is 56.3 cm³/mol. The summed E-state index contributed by atoms with van der Waals surface area (Å²) in [5.41, 5.74) is 5.43. The van der Waals surface area contributed by atoms with Crippen molar-refractivity contribution in [2.45, 2.75) is 44.2 Å². The number of hydrogen-bond acceptors (Lipinski definition) is 3. The van der Waals surface area contributed by atoms with Crippen LogP contribution in [0.4, 0.5) is 0 Å². The topological polar surface area (TPSA) is 55.6 Å². The number of hydrogen-bond donors (Lipinski definition) is 1. The lowest BCUT2D eigenvalue weighted by atomic mass is 9.90. The molecular weight excluding hydrogens is 190 g/mol. The zero-order valence-corrected chi connectivity index (χ0v) is 9.24. The number of rotatable bonds is 4. The summed E-state index contributed by atoms with van der Waals surface area (Å²) >= 11 is 0. The third kappa shape index (κ3) is 1.72. The van der Waals surface area contributed by atoms with E-state index in [0.29, 0.717) is 12.5 Å². The molecule has 3 nitrogen and oxygen atoms in total. The molecule has 3 fully saturated rings. The second kappa shape index (κ2) is 3.05. The molecule has 4 atom stereocenters. The SMILES string of the molecule is C[C@]1(C(=O)C(N)CC2CC3CC3C2)CO1. The maximum Gasteiger partial charge on any atom is 0.183 e. The van der Waals surface area contributed by atoms with Crippen LogP contribution in [-0.2, 0) is 9.53 Å². The number of carbonyl (C=O) groups is 1. The van der Waals surface area contributed by atoms with E-state index in [1.807, 2.05) is 6.92 Å². The maximum absolute atomic E-state index is 11.9. The highest BCUT2D eigenvalue weighted by Crippen LogP contribution is 2.55. The first kappa shape index (κ1) is 9.79. The minimum absolute atomic E-state index is 0.114. The fourth-order valence-electron chi connectivity index (χ4n) is 3.14. The lowest BCUT2D eigenvalue weighted by Gasteiger charge is -2.18. The number of ether oxygens (including phenoxy) is 1. The average molecular weight is 209 g/mol. The van der Waals surface area contributed by atoms with Gasteiger partial charge in [0, 0.05) is 0 Å². The van der Waals surface area contributed by atoms with E-state index in [1.54, 1.807) is 0 Å². The van der Waals surface area contributed by atoms with Gasteiger partial charge < -0.3 is 10.5 Å². The number of ketones is 1. The first-order chi connectivity index (χ1) is 7.08. The summed E-state index contributed by atoms with van der Waals surface area (Å²) in [6.45, 7) is 2.41. The van der Waals surface area contributed by atoms with Gasteiger partial charge in [0.2, 0.25) is 0 Å². The van der Waals surface area contributed by atoms with Gasteiger partial charge in [-0.25, -0.2) is 0 Å². The van der Waals surface area contributed by atoms with Crippen molar-refractivity contribution >= 4 is 5.78 Å². The Morgan fingerprint density at radius 2 is 2.07 bits per heavy atom. The van der Waals surface area contributed by atoms with Gasteiger partial charge >= 0.3 is 0 Å². The molecule has 0 radical (unpaired) electrons. The quantitative estimate of drug-likeness (QED) is 0.706. The van der Waals surface area contributed by atoms with Crippen molar-refractivity contribution in [2.24, 2.45) is 23.5 Å². The summed E-state index contributed by atoms with van der Waals surface area (Å²) in [4.78, 5) is 11.9. The highest BCUT2D eigenvalue weighted by molar-refractivity contribution is 5.93. The number of epoxide rings is 1. The van der Waals surface area contributed by atoms with Crippen LogP contribution >= 0.6 is 0 Å². The summed E-state index contributed by atoms with van der Waals surface area (Å²) in [5, 5.41) is 0. The van der Waals surface area contributed by atoms with Crippen LogP contribution in [0, 0.1) is 17.8 Å². The Balaban J connectivity index is 1.52. The van der Waals surface area contributed by atoms with E-state index in [1.165, 1.54) is 19.3 Å². The Morgan fingerprint density at radius 1 is 1.47 bits per heavy atom. The molecular formula is C12H19NO2. The van der Waals surface area contributed by atoms with Gasteiger partial charge in [0.15, 0.2) is 5.78 Å². The lowest BCUT2D eigenvalue weighted by molar-refractivity contribution is -0.125. The molecule has 2 N–H and O–H groups in total. The van der Waals surface area contributed by atoms with Crippen LogP contribution in [0.25, 0.3) is 0 Å². The third-order valence-electron chi connectivity index (χ3n) is 4.36. The molecule has 3 rings (SSSR count). The van der Waals surface area contributed by atoms with Gasteiger partial charge in [-0.1, -0.05) is 0 Å². The molecule has 3 unspecified atom stereocenters. The van der Waals surface area contributed by atoms with E-state index in [0.717, 1.165) is 18.3 Å². The minimum Gasteiger partial charge on any atom is -0.362 e. The Morgan fingerprint density at radius 3 is 2.60 bits per heavy atom. The Kier molecular flexibility index (Phi) is 1.99. The second-order valence-corrected chi connectivity index (χ2v) is 5.82. The van der Waals surface area contributed by atoms with Gasteiger partial charge in [-0.2, -0.15) is 0 Å². The fraction of sp³-hybridized carbons (Fsp3) is 0.917. The third-order valence-corrected chi connectivity index (χ3v) is 4.36. The van der Waals surface area contributed by atoms with Gasteiger partial charge in [-0.15, -0.1) is 0 Å². The molecule has 1 saturated heterocycles. The van der Waals surface area contributed by atoms with Gasteiger partial charge in [0.25, 0.3) is 0 Å².